The second kappa shape index (κ2) is 8.26. The predicted molar refractivity (Wildman–Crippen MR) is 115 cm³/mol. The number of rotatable bonds is 5. The topological polar surface area (TPSA) is 76.7 Å². The Morgan fingerprint density at radius 1 is 1.03 bits per heavy atom. The number of fused-ring (bicyclic) bond motifs is 1. The zero-order valence-electron chi connectivity index (χ0n) is 17.8. The summed E-state index contributed by atoms with van der Waals surface area (Å²) in [5.74, 6) is 2.74. The largest absolute Gasteiger partial charge is 0.493 e. The quantitative estimate of drug-likeness (QED) is 0.691. The van der Waals surface area contributed by atoms with Crippen molar-refractivity contribution >= 4 is 16.9 Å². The molecular formula is C23H27N3O4. The molecule has 0 saturated carbocycles. The fourth-order valence-electron chi connectivity index (χ4n) is 4.08. The molecule has 0 unspecified atom stereocenters. The highest BCUT2D eigenvalue weighted by Crippen LogP contribution is 2.39. The smallest absolute Gasteiger partial charge is 0.254 e. The molecule has 0 radical (unpaired) electrons. The molecule has 1 aliphatic heterocycles. The first-order valence-corrected chi connectivity index (χ1v) is 10.1. The number of aromatic nitrogens is 2. The number of benzene rings is 2. The molecule has 2 aromatic carbocycles. The minimum atomic E-state index is -0.0343. The molecule has 0 bridgehead atoms. The summed E-state index contributed by atoms with van der Waals surface area (Å²) in [4.78, 5) is 23.2. The molecule has 158 valence electrons. The maximum Gasteiger partial charge on any atom is 0.254 e. The van der Waals surface area contributed by atoms with Crippen molar-refractivity contribution in [3.05, 3.63) is 47.3 Å². The van der Waals surface area contributed by atoms with Crippen LogP contribution in [-0.2, 0) is 0 Å². The summed E-state index contributed by atoms with van der Waals surface area (Å²) in [6, 6.07) is 9.66. The zero-order chi connectivity index (χ0) is 21.3. The Balaban J connectivity index is 1.49. The van der Waals surface area contributed by atoms with Crippen LogP contribution in [0.4, 0.5) is 0 Å². The molecule has 0 spiro atoms. The number of nitrogens with zero attached hydrogens (tertiary/aromatic N) is 2. The summed E-state index contributed by atoms with van der Waals surface area (Å²) in [5.41, 5.74) is 3.80. The first kappa shape index (κ1) is 20.1. The second-order valence-corrected chi connectivity index (χ2v) is 7.62. The van der Waals surface area contributed by atoms with Crippen molar-refractivity contribution in [2.75, 3.05) is 34.4 Å². The van der Waals surface area contributed by atoms with E-state index in [0.29, 0.717) is 41.8 Å². The van der Waals surface area contributed by atoms with Gasteiger partial charge in [-0.15, -0.1) is 0 Å². The SMILES string of the molecule is COc1cc(C(=O)N2CCC(c3nc4ccc(C)cc4[nH]3)CC2)cc(OC)c1OC. The summed E-state index contributed by atoms with van der Waals surface area (Å²) in [5, 5.41) is 0. The van der Waals surface area contributed by atoms with E-state index in [2.05, 4.69) is 24.0 Å². The summed E-state index contributed by atoms with van der Waals surface area (Å²) in [6.07, 6.45) is 1.74. The van der Waals surface area contributed by atoms with Gasteiger partial charge in [-0.25, -0.2) is 4.98 Å². The Bertz CT molecular complexity index is 1040. The van der Waals surface area contributed by atoms with Crippen LogP contribution in [-0.4, -0.2) is 55.2 Å². The first-order chi connectivity index (χ1) is 14.5. The molecule has 2 heterocycles. The third kappa shape index (κ3) is 3.67. The summed E-state index contributed by atoms with van der Waals surface area (Å²) in [6.45, 7) is 3.43. The van der Waals surface area contributed by atoms with E-state index < -0.39 is 0 Å². The lowest BCUT2D eigenvalue weighted by molar-refractivity contribution is 0.0710. The first-order valence-electron chi connectivity index (χ1n) is 10.1. The minimum absolute atomic E-state index is 0.0343. The Morgan fingerprint density at radius 2 is 1.70 bits per heavy atom. The van der Waals surface area contributed by atoms with Crippen LogP contribution in [0.15, 0.2) is 30.3 Å². The number of amides is 1. The second-order valence-electron chi connectivity index (χ2n) is 7.62. The number of nitrogens with one attached hydrogen (secondary N) is 1. The number of hydrogen-bond donors (Lipinski definition) is 1. The Kier molecular flexibility index (Phi) is 5.53. The standard InChI is InChI=1S/C23H27N3O4/c1-14-5-6-17-18(11-14)25-22(24-17)15-7-9-26(10-8-15)23(27)16-12-19(28-2)21(30-4)20(13-16)29-3/h5-6,11-13,15H,7-10H2,1-4H3,(H,24,25). The van der Waals surface area contributed by atoms with E-state index in [-0.39, 0.29) is 5.91 Å². The highest BCUT2D eigenvalue weighted by Gasteiger charge is 2.27. The van der Waals surface area contributed by atoms with Crippen molar-refractivity contribution in [1.82, 2.24) is 14.9 Å². The van der Waals surface area contributed by atoms with Gasteiger partial charge in [-0.2, -0.15) is 0 Å². The monoisotopic (exact) mass is 409 g/mol. The maximum absolute atomic E-state index is 13.1. The van der Waals surface area contributed by atoms with E-state index in [1.165, 1.54) is 5.56 Å². The van der Waals surface area contributed by atoms with Crippen LogP contribution in [0, 0.1) is 6.92 Å². The van der Waals surface area contributed by atoms with Gasteiger partial charge in [0.1, 0.15) is 5.82 Å². The summed E-state index contributed by atoms with van der Waals surface area (Å²) >= 11 is 0. The van der Waals surface area contributed by atoms with Crippen molar-refractivity contribution in [3.8, 4) is 17.2 Å². The number of likely N-dealkylation sites (tertiary alicyclic amines) is 1. The Morgan fingerprint density at radius 3 is 2.30 bits per heavy atom. The van der Waals surface area contributed by atoms with E-state index in [1.807, 2.05) is 11.0 Å². The predicted octanol–water partition coefficient (Wildman–Crippen LogP) is 3.92. The van der Waals surface area contributed by atoms with E-state index in [9.17, 15) is 4.79 Å². The number of ether oxygens (including phenoxy) is 3. The van der Waals surface area contributed by atoms with Gasteiger partial charge in [0.05, 0.1) is 32.4 Å². The molecule has 7 heteroatoms. The zero-order valence-corrected chi connectivity index (χ0v) is 17.8. The van der Waals surface area contributed by atoms with Gasteiger partial charge in [0.25, 0.3) is 5.91 Å². The van der Waals surface area contributed by atoms with Crippen LogP contribution in [0.25, 0.3) is 11.0 Å². The van der Waals surface area contributed by atoms with Crippen LogP contribution in [0.3, 0.4) is 0 Å². The lowest BCUT2D eigenvalue weighted by Gasteiger charge is -2.31. The van der Waals surface area contributed by atoms with E-state index in [0.717, 1.165) is 29.7 Å². The molecule has 3 aromatic rings. The number of carbonyl (C=O) groups is 1. The van der Waals surface area contributed by atoms with Gasteiger partial charge in [-0.1, -0.05) is 6.07 Å². The molecule has 30 heavy (non-hydrogen) atoms. The van der Waals surface area contributed by atoms with Crippen molar-refractivity contribution in [2.24, 2.45) is 0 Å². The molecule has 1 N–H and O–H groups in total. The Hall–Kier alpha value is -3.22. The van der Waals surface area contributed by atoms with E-state index >= 15 is 0 Å². The lowest BCUT2D eigenvalue weighted by atomic mass is 9.95. The average molecular weight is 409 g/mol. The molecule has 0 atom stereocenters. The number of hydrogen-bond acceptors (Lipinski definition) is 5. The molecule has 1 fully saturated rings. The van der Waals surface area contributed by atoms with Crippen molar-refractivity contribution in [3.63, 3.8) is 0 Å². The number of piperidine rings is 1. The molecule has 1 amide bonds. The van der Waals surface area contributed by atoms with E-state index in [1.54, 1.807) is 33.5 Å². The fraction of sp³-hybridized carbons (Fsp3) is 0.391. The normalized spacial score (nSPS) is 14.7. The van der Waals surface area contributed by atoms with Crippen molar-refractivity contribution < 1.29 is 19.0 Å². The van der Waals surface area contributed by atoms with Crippen LogP contribution in [0.5, 0.6) is 17.2 Å². The molecular weight excluding hydrogens is 382 g/mol. The van der Waals surface area contributed by atoms with Crippen LogP contribution >= 0.6 is 0 Å². The molecule has 0 aliphatic carbocycles. The van der Waals surface area contributed by atoms with E-state index in [4.69, 9.17) is 19.2 Å². The molecule has 1 aliphatic rings. The maximum atomic E-state index is 13.1. The third-order valence-electron chi connectivity index (χ3n) is 5.74. The highest BCUT2D eigenvalue weighted by molar-refractivity contribution is 5.95. The van der Waals surface area contributed by atoms with Crippen LogP contribution in [0.1, 0.15) is 40.5 Å². The lowest BCUT2D eigenvalue weighted by Crippen LogP contribution is -2.38. The van der Waals surface area contributed by atoms with Gasteiger partial charge in [0.15, 0.2) is 11.5 Å². The molecule has 1 aromatic heterocycles. The van der Waals surface area contributed by atoms with Gasteiger partial charge in [-0.3, -0.25) is 4.79 Å². The van der Waals surface area contributed by atoms with Crippen LogP contribution < -0.4 is 14.2 Å². The van der Waals surface area contributed by atoms with Gasteiger partial charge in [-0.05, 0) is 49.6 Å². The van der Waals surface area contributed by atoms with Gasteiger partial charge < -0.3 is 24.1 Å². The van der Waals surface area contributed by atoms with Gasteiger partial charge >= 0.3 is 0 Å². The molecule has 1 saturated heterocycles. The third-order valence-corrected chi connectivity index (χ3v) is 5.74. The fourth-order valence-corrected chi connectivity index (χ4v) is 4.08. The highest BCUT2D eigenvalue weighted by atomic mass is 16.5. The minimum Gasteiger partial charge on any atom is -0.493 e. The number of methoxy groups -OCH3 is 3. The number of H-pyrrole nitrogens is 1. The summed E-state index contributed by atoms with van der Waals surface area (Å²) < 4.78 is 16.1. The number of aryl methyl sites for hydroxylation is 1. The van der Waals surface area contributed by atoms with Gasteiger partial charge in [0.2, 0.25) is 5.75 Å². The van der Waals surface area contributed by atoms with Crippen molar-refractivity contribution in [2.45, 2.75) is 25.7 Å². The number of imidazole rings is 1. The molecule has 4 rings (SSSR count). The van der Waals surface area contributed by atoms with Gasteiger partial charge in [0, 0.05) is 24.6 Å². The van der Waals surface area contributed by atoms with Crippen molar-refractivity contribution in [1.29, 1.82) is 0 Å². The average Bonchev–Trinajstić information content (AvgIpc) is 3.20. The van der Waals surface area contributed by atoms with Crippen LogP contribution in [0.2, 0.25) is 0 Å². The Labute approximate surface area is 176 Å². The number of carbonyl (C=O) groups excluding carboxylic acids is 1. The molecule has 7 nitrogen and oxygen atoms in total. The summed E-state index contributed by atoms with van der Waals surface area (Å²) in [7, 11) is 4.64. The number of aromatic amines is 1.